The Balaban J connectivity index is 2.06. The lowest BCUT2D eigenvalue weighted by molar-refractivity contribution is -0.139. The summed E-state index contributed by atoms with van der Waals surface area (Å²) in [6.07, 6.45) is 3.19. The Bertz CT molecular complexity index is 694. The average molecular weight is 303 g/mol. The Hall–Kier alpha value is -2.83. The highest BCUT2D eigenvalue weighted by Gasteiger charge is 2.10. The number of aryl methyl sites for hydroxylation is 2. The fourth-order valence-electron chi connectivity index (χ4n) is 1.86. The number of hydrogen-bond donors (Lipinski definition) is 2. The van der Waals surface area contributed by atoms with Gasteiger partial charge >= 0.3 is 5.97 Å². The van der Waals surface area contributed by atoms with E-state index in [9.17, 15) is 9.59 Å². The molecule has 0 bridgehead atoms. The minimum atomic E-state index is -1.04. The highest BCUT2D eigenvalue weighted by Crippen LogP contribution is 2.22. The van der Waals surface area contributed by atoms with Crippen molar-refractivity contribution >= 4 is 17.6 Å². The molecule has 7 heteroatoms. The third-order valence-corrected chi connectivity index (χ3v) is 3.03. The van der Waals surface area contributed by atoms with Gasteiger partial charge in [0.25, 0.3) is 5.91 Å². The molecular weight excluding hydrogens is 286 g/mol. The second kappa shape index (κ2) is 6.75. The summed E-state index contributed by atoms with van der Waals surface area (Å²) in [7, 11) is 0. The van der Waals surface area contributed by atoms with Gasteiger partial charge in [-0.1, -0.05) is 0 Å². The number of aliphatic carboxylic acids is 1. The van der Waals surface area contributed by atoms with Gasteiger partial charge in [0.05, 0.1) is 11.8 Å². The molecule has 0 atom stereocenters. The first-order chi connectivity index (χ1) is 10.5. The smallest absolute Gasteiger partial charge is 0.341 e. The molecule has 116 valence electrons. The lowest BCUT2D eigenvalue weighted by Gasteiger charge is -2.10. The first-order valence-electron chi connectivity index (χ1n) is 6.78. The van der Waals surface area contributed by atoms with Crippen LogP contribution in [0.15, 0.2) is 30.6 Å². The predicted molar refractivity (Wildman–Crippen MR) is 80.2 cm³/mol. The number of carboxylic acid groups (broad SMARTS) is 1. The summed E-state index contributed by atoms with van der Waals surface area (Å²) < 4.78 is 6.76. The van der Waals surface area contributed by atoms with Crippen LogP contribution in [-0.4, -0.2) is 33.4 Å². The summed E-state index contributed by atoms with van der Waals surface area (Å²) in [5, 5.41) is 15.4. The zero-order chi connectivity index (χ0) is 16.1. The summed E-state index contributed by atoms with van der Waals surface area (Å²) >= 11 is 0. The molecule has 1 amide bonds. The van der Waals surface area contributed by atoms with E-state index in [2.05, 4.69) is 10.4 Å². The van der Waals surface area contributed by atoms with Gasteiger partial charge in [0.1, 0.15) is 5.75 Å². The van der Waals surface area contributed by atoms with E-state index in [0.29, 0.717) is 23.5 Å². The number of nitrogens with zero attached hydrogens (tertiary/aromatic N) is 2. The number of ether oxygens (including phenoxy) is 1. The highest BCUT2D eigenvalue weighted by atomic mass is 16.5. The summed E-state index contributed by atoms with van der Waals surface area (Å²) in [6.45, 7) is 4.04. The second-order valence-corrected chi connectivity index (χ2v) is 4.70. The summed E-state index contributed by atoms with van der Waals surface area (Å²) in [5.74, 6) is -0.846. The van der Waals surface area contributed by atoms with Crippen molar-refractivity contribution in [3.63, 3.8) is 0 Å². The van der Waals surface area contributed by atoms with Gasteiger partial charge in [-0.25, -0.2) is 4.79 Å². The largest absolute Gasteiger partial charge is 0.482 e. The minimum absolute atomic E-state index is 0.248. The number of aromatic nitrogens is 2. The van der Waals surface area contributed by atoms with Gasteiger partial charge in [-0.2, -0.15) is 5.10 Å². The number of nitrogens with one attached hydrogen (secondary N) is 1. The van der Waals surface area contributed by atoms with E-state index in [1.807, 2.05) is 6.92 Å². The molecule has 0 radical (unpaired) electrons. The summed E-state index contributed by atoms with van der Waals surface area (Å²) in [4.78, 5) is 22.6. The van der Waals surface area contributed by atoms with E-state index in [0.717, 1.165) is 5.56 Å². The van der Waals surface area contributed by atoms with Gasteiger partial charge < -0.3 is 15.2 Å². The Labute approximate surface area is 127 Å². The number of rotatable bonds is 6. The normalized spacial score (nSPS) is 10.3. The van der Waals surface area contributed by atoms with E-state index in [4.69, 9.17) is 9.84 Å². The molecule has 7 nitrogen and oxygen atoms in total. The van der Waals surface area contributed by atoms with Crippen molar-refractivity contribution in [2.75, 3.05) is 11.9 Å². The van der Waals surface area contributed by atoms with Crippen LogP contribution >= 0.6 is 0 Å². The standard InChI is InChI=1S/C15H17N3O4/c1-3-18-8-11(7-16-18)15(21)17-13-5-4-12(6-10(13)2)22-9-14(19)20/h4-8H,3,9H2,1-2H3,(H,17,21)(H,19,20). The molecular formula is C15H17N3O4. The van der Waals surface area contributed by atoms with Crippen LogP contribution in [0.5, 0.6) is 5.75 Å². The summed E-state index contributed by atoms with van der Waals surface area (Å²) in [5.41, 5.74) is 1.89. The molecule has 0 saturated heterocycles. The van der Waals surface area contributed by atoms with Gasteiger partial charge in [0.15, 0.2) is 6.61 Å². The van der Waals surface area contributed by atoms with Gasteiger partial charge in [-0.05, 0) is 37.6 Å². The molecule has 22 heavy (non-hydrogen) atoms. The van der Waals surface area contributed by atoms with Crippen molar-refractivity contribution in [1.29, 1.82) is 0 Å². The lowest BCUT2D eigenvalue weighted by atomic mass is 10.2. The highest BCUT2D eigenvalue weighted by molar-refractivity contribution is 6.04. The lowest BCUT2D eigenvalue weighted by Crippen LogP contribution is -2.13. The third-order valence-electron chi connectivity index (χ3n) is 3.03. The molecule has 1 aromatic heterocycles. The molecule has 0 saturated carbocycles. The number of anilines is 1. The number of amides is 1. The maximum Gasteiger partial charge on any atom is 0.341 e. The number of benzene rings is 1. The summed E-state index contributed by atoms with van der Waals surface area (Å²) in [6, 6.07) is 4.96. The van der Waals surface area contributed by atoms with E-state index in [1.54, 1.807) is 36.0 Å². The number of carbonyl (C=O) groups is 2. The van der Waals surface area contributed by atoms with Crippen LogP contribution in [0.4, 0.5) is 5.69 Å². The van der Waals surface area contributed by atoms with Gasteiger partial charge in [-0.15, -0.1) is 0 Å². The number of carboxylic acids is 1. The maximum atomic E-state index is 12.1. The first-order valence-corrected chi connectivity index (χ1v) is 6.78. The Morgan fingerprint density at radius 1 is 1.41 bits per heavy atom. The van der Waals surface area contributed by atoms with Crippen LogP contribution in [0, 0.1) is 6.92 Å². The fraction of sp³-hybridized carbons (Fsp3) is 0.267. The van der Waals surface area contributed by atoms with Gasteiger partial charge in [-0.3, -0.25) is 9.48 Å². The van der Waals surface area contributed by atoms with Crippen LogP contribution in [0.2, 0.25) is 0 Å². The van der Waals surface area contributed by atoms with E-state index in [-0.39, 0.29) is 5.91 Å². The SMILES string of the molecule is CCn1cc(C(=O)Nc2ccc(OCC(=O)O)cc2C)cn1. The Kier molecular flexibility index (Phi) is 4.77. The second-order valence-electron chi connectivity index (χ2n) is 4.70. The first kappa shape index (κ1) is 15.6. The van der Waals surface area contributed by atoms with Crippen molar-refractivity contribution in [3.8, 4) is 5.75 Å². The molecule has 0 aliphatic carbocycles. The van der Waals surface area contributed by atoms with E-state index >= 15 is 0 Å². The van der Waals surface area contributed by atoms with Crippen molar-refractivity contribution in [1.82, 2.24) is 9.78 Å². The van der Waals surface area contributed by atoms with Crippen molar-refractivity contribution in [2.45, 2.75) is 20.4 Å². The predicted octanol–water partition coefficient (Wildman–Crippen LogP) is 1.93. The average Bonchev–Trinajstić information content (AvgIpc) is 2.96. The Morgan fingerprint density at radius 2 is 2.18 bits per heavy atom. The molecule has 0 unspecified atom stereocenters. The van der Waals surface area contributed by atoms with Gasteiger partial charge in [0, 0.05) is 18.4 Å². The molecule has 0 spiro atoms. The molecule has 0 aliphatic heterocycles. The van der Waals surface area contributed by atoms with Crippen LogP contribution in [0.3, 0.4) is 0 Å². The zero-order valence-corrected chi connectivity index (χ0v) is 12.4. The quantitative estimate of drug-likeness (QED) is 0.850. The molecule has 0 aliphatic rings. The van der Waals surface area contributed by atoms with Crippen LogP contribution in [0.25, 0.3) is 0 Å². The van der Waals surface area contributed by atoms with Crippen LogP contribution < -0.4 is 10.1 Å². The van der Waals surface area contributed by atoms with Crippen molar-refractivity contribution < 1.29 is 19.4 Å². The molecule has 2 aromatic rings. The van der Waals surface area contributed by atoms with E-state index in [1.165, 1.54) is 6.20 Å². The van der Waals surface area contributed by atoms with Crippen LogP contribution in [0.1, 0.15) is 22.8 Å². The molecule has 2 N–H and O–H groups in total. The topological polar surface area (TPSA) is 93.5 Å². The van der Waals surface area contributed by atoms with E-state index < -0.39 is 12.6 Å². The van der Waals surface area contributed by atoms with Crippen LogP contribution in [-0.2, 0) is 11.3 Å². The number of hydrogen-bond acceptors (Lipinski definition) is 4. The zero-order valence-electron chi connectivity index (χ0n) is 12.4. The van der Waals surface area contributed by atoms with Crippen molar-refractivity contribution in [3.05, 3.63) is 41.7 Å². The monoisotopic (exact) mass is 303 g/mol. The minimum Gasteiger partial charge on any atom is -0.482 e. The third kappa shape index (κ3) is 3.85. The molecule has 2 rings (SSSR count). The molecule has 1 aromatic carbocycles. The Morgan fingerprint density at radius 3 is 2.77 bits per heavy atom. The van der Waals surface area contributed by atoms with Crippen molar-refractivity contribution in [2.24, 2.45) is 0 Å². The maximum absolute atomic E-state index is 12.1. The number of carbonyl (C=O) groups excluding carboxylic acids is 1. The molecule has 1 heterocycles. The van der Waals surface area contributed by atoms with Gasteiger partial charge in [0.2, 0.25) is 0 Å². The fourth-order valence-corrected chi connectivity index (χ4v) is 1.86. The molecule has 0 fully saturated rings.